The van der Waals surface area contributed by atoms with Crippen LogP contribution >= 0.6 is 15.9 Å². The van der Waals surface area contributed by atoms with Crippen LogP contribution in [0.3, 0.4) is 0 Å². The summed E-state index contributed by atoms with van der Waals surface area (Å²) in [6.45, 7) is 4.01. The van der Waals surface area contributed by atoms with Crippen LogP contribution in [0.4, 0.5) is 10.2 Å². The average Bonchev–Trinajstić information content (AvgIpc) is 2.60. The second kappa shape index (κ2) is 4.49. The summed E-state index contributed by atoms with van der Waals surface area (Å²) in [5, 5.41) is 3.77. The van der Waals surface area contributed by atoms with Crippen LogP contribution in [0.1, 0.15) is 25.3 Å². The Morgan fingerprint density at radius 2 is 2.12 bits per heavy atom. The molecular weight excluding hydrogens is 287 g/mol. The minimum Gasteiger partial charge on any atom is -0.381 e. The molecule has 0 saturated heterocycles. The van der Waals surface area contributed by atoms with Crippen LogP contribution in [0, 0.1) is 5.82 Å². The van der Waals surface area contributed by atoms with E-state index >= 15 is 0 Å². The summed E-state index contributed by atoms with van der Waals surface area (Å²) in [5.41, 5.74) is 7.36. The Morgan fingerprint density at radius 1 is 1.41 bits per heavy atom. The first-order chi connectivity index (χ1) is 8.00. The summed E-state index contributed by atoms with van der Waals surface area (Å²) in [6, 6.07) is 4.41. The summed E-state index contributed by atoms with van der Waals surface area (Å²) in [5.74, 6) is 0.850. The highest BCUT2D eigenvalue weighted by Gasteiger charge is 2.20. The SMILES string of the molecule is CC(C)c1c(N)noc1-c1ccc(F)cc1Br. The fourth-order valence-corrected chi connectivity index (χ4v) is 2.27. The number of rotatable bonds is 2. The van der Waals surface area contributed by atoms with E-state index < -0.39 is 0 Å². The van der Waals surface area contributed by atoms with Gasteiger partial charge in [-0.3, -0.25) is 0 Å². The van der Waals surface area contributed by atoms with Gasteiger partial charge in [-0.1, -0.05) is 19.0 Å². The van der Waals surface area contributed by atoms with Gasteiger partial charge in [0.05, 0.1) is 0 Å². The quantitative estimate of drug-likeness (QED) is 0.913. The van der Waals surface area contributed by atoms with Crippen LogP contribution in [-0.2, 0) is 0 Å². The van der Waals surface area contributed by atoms with Crippen LogP contribution in [0.5, 0.6) is 0 Å². The molecular formula is C12H12BrFN2O. The van der Waals surface area contributed by atoms with Crippen molar-refractivity contribution in [3.63, 3.8) is 0 Å². The van der Waals surface area contributed by atoms with E-state index in [1.165, 1.54) is 12.1 Å². The van der Waals surface area contributed by atoms with E-state index in [1.54, 1.807) is 6.07 Å². The molecule has 3 nitrogen and oxygen atoms in total. The van der Waals surface area contributed by atoms with Crippen molar-refractivity contribution in [1.82, 2.24) is 5.16 Å². The van der Waals surface area contributed by atoms with Crippen molar-refractivity contribution in [3.8, 4) is 11.3 Å². The van der Waals surface area contributed by atoms with Gasteiger partial charge in [-0.25, -0.2) is 4.39 Å². The molecule has 0 amide bonds. The molecule has 0 fully saturated rings. The van der Waals surface area contributed by atoms with Gasteiger partial charge in [-0.05, 0) is 40.0 Å². The molecule has 0 spiro atoms. The summed E-state index contributed by atoms with van der Waals surface area (Å²) in [4.78, 5) is 0. The van der Waals surface area contributed by atoms with Gasteiger partial charge in [0.15, 0.2) is 11.6 Å². The minimum atomic E-state index is -0.306. The molecule has 0 bridgehead atoms. The largest absolute Gasteiger partial charge is 0.381 e. The molecule has 0 aliphatic rings. The molecule has 1 heterocycles. The molecule has 0 unspecified atom stereocenters. The molecule has 2 N–H and O–H groups in total. The van der Waals surface area contributed by atoms with Crippen LogP contribution in [0.15, 0.2) is 27.2 Å². The molecule has 17 heavy (non-hydrogen) atoms. The normalized spacial score (nSPS) is 11.1. The Balaban J connectivity index is 2.61. The van der Waals surface area contributed by atoms with E-state index in [1.807, 2.05) is 13.8 Å². The highest BCUT2D eigenvalue weighted by atomic mass is 79.9. The zero-order valence-electron chi connectivity index (χ0n) is 9.50. The molecule has 2 aromatic rings. The fraction of sp³-hybridized carbons (Fsp3) is 0.250. The molecule has 0 aliphatic heterocycles. The van der Waals surface area contributed by atoms with Crippen molar-refractivity contribution >= 4 is 21.7 Å². The third-order valence-corrected chi connectivity index (χ3v) is 3.17. The number of nitrogen functional groups attached to an aromatic ring is 1. The smallest absolute Gasteiger partial charge is 0.173 e. The maximum atomic E-state index is 13.0. The Kier molecular flexibility index (Phi) is 3.19. The first-order valence-electron chi connectivity index (χ1n) is 5.21. The van der Waals surface area contributed by atoms with E-state index in [2.05, 4.69) is 21.1 Å². The lowest BCUT2D eigenvalue weighted by Crippen LogP contribution is -1.95. The van der Waals surface area contributed by atoms with Gasteiger partial charge in [0.2, 0.25) is 0 Å². The van der Waals surface area contributed by atoms with Gasteiger partial charge in [0, 0.05) is 15.6 Å². The first kappa shape index (κ1) is 12.1. The molecule has 0 radical (unpaired) electrons. The average molecular weight is 299 g/mol. The molecule has 2 rings (SSSR count). The lowest BCUT2D eigenvalue weighted by atomic mass is 9.99. The Hall–Kier alpha value is -1.36. The molecule has 5 heteroatoms. The van der Waals surface area contributed by atoms with Crippen molar-refractivity contribution < 1.29 is 8.91 Å². The monoisotopic (exact) mass is 298 g/mol. The molecule has 1 aromatic heterocycles. The predicted octanol–water partition coefficient (Wildman–Crippen LogP) is 3.95. The van der Waals surface area contributed by atoms with E-state index in [4.69, 9.17) is 10.3 Å². The zero-order valence-corrected chi connectivity index (χ0v) is 11.1. The lowest BCUT2D eigenvalue weighted by molar-refractivity contribution is 0.434. The highest BCUT2D eigenvalue weighted by Crippen LogP contribution is 2.37. The van der Waals surface area contributed by atoms with Crippen LogP contribution < -0.4 is 5.73 Å². The van der Waals surface area contributed by atoms with Crippen molar-refractivity contribution in [1.29, 1.82) is 0 Å². The molecule has 0 aliphatic carbocycles. The fourth-order valence-electron chi connectivity index (χ4n) is 1.74. The number of benzene rings is 1. The van der Waals surface area contributed by atoms with Crippen molar-refractivity contribution in [2.45, 2.75) is 19.8 Å². The summed E-state index contributed by atoms with van der Waals surface area (Å²) >= 11 is 3.31. The number of aromatic nitrogens is 1. The number of halogens is 2. The van der Waals surface area contributed by atoms with E-state index in [0.29, 0.717) is 16.1 Å². The maximum absolute atomic E-state index is 13.0. The molecule has 90 valence electrons. The van der Waals surface area contributed by atoms with Crippen molar-refractivity contribution in [2.75, 3.05) is 5.73 Å². The van der Waals surface area contributed by atoms with E-state index in [9.17, 15) is 4.39 Å². The number of nitrogens with two attached hydrogens (primary N) is 1. The van der Waals surface area contributed by atoms with Gasteiger partial charge < -0.3 is 10.3 Å². The summed E-state index contributed by atoms with van der Waals surface area (Å²) < 4.78 is 18.9. The topological polar surface area (TPSA) is 52.0 Å². The number of hydrogen-bond acceptors (Lipinski definition) is 3. The second-order valence-corrected chi connectivity index (χ2v) is 4.94. The van der Waals surface area contributed by atoms with Gasteiger partial charge in [0.25, 0.3) is 0 Å². The number of nitrogens with zero attached hydrogens (tertiary/aromatic N) is 1. The van der Waals surface area contributed by atoms with E-state index in [0.717, 1.165) is 11.1 Å². The van der Waals surface area contributed by atoms with Crippen LogP contribution in [-0.4, -0.2) is 5.16 Å². The Bertz CT molecular complexity index is 551. The molecule has 0 atom stereocenters. The lowest BCUT2D eigenvalue weighted by Gasteiger charge is -2.06. The third kappa shape index (κ3) is 2.20. The van der Waals surface area contributed by atoms with E-state index in [-0.39, 0.29) is 11.7 Å². The van der Waals surface area contributed by atoms with Crippen molar-refractivity contribution in [3.05, 3.63) is 34.1 Å². The van der Waals surface area contributed by atoms with Gasteiger partial charge >= 0.3 is 0 Å². The zero-order chi connectivity index (χ0) is 12.6. The maximum Gasteiger partial charge on any atom is 0.173 e. The van der Waals surface area contributed by atoms with Gasteiger partial charge in [-0.15, -0.1) is 0 Å². The predicted molar refractivity (Wildman–Crippen MR) is 68.1 cm³/mol. The third-order valence-electron chi connectivity index (χ3n) is 2.51. The van der Waals surface area contributed by atoms with Crippen LogP contribution in [0.25, 0.3) is 11.3 Å². The summed E-state index contributed by atoms with van der Waals surface area (Å²) in [7, 11) is 0. The van der Waals surface area contributed by atoms with Gasteiger partial charge in [-0.2, -0.15) is 0 Å². The second-order valence-electron chi connectivity index (χ2n) is 4.09. The number of hydrogen-bond donors (Lipinski definition) is 1. The Labute approximate surface area is 107 Å². The highest BCUT2D eigenvalue weighted by molar-refractivity contribution is 9.10. The Morgan fingerprint density at radius 3 is 2.71 bits per heavy atom. The molecule has 0 saturated carbocycles. The minimum absolute atomic E-state index is 0.188. The standard InChI is InChI=1S/C12H12BrFN2O/c1-6(2)10-11(17-16-12(10)15)8-4-3-7(14)5-9(8)13/h3-6H,1-2H3,(H2,15,16). The molecule has 1 aromatic carbocycles. The number of anilines is 1. The van der Waals surface area contributed by atoms with Gasteiger partial charge in [0.1, 0.15) is 5.82 Å². The van der Waals surface area contributed by atoms with Crippen molar-refractivity contribution in [2.24, 2.45) is 0 Å². The summed E-state index contributed by atoms with van der Waals surface area (Å²) in [6.07, 6.45) is 0. The first-order valence-corrected chi connectivity index (χ1v) is 6.00. The van der Waals surface area contributed by atoms with Crippen LogP contribution in [0.2, 0.25) is 0 Å².